The molecule has 6 nitrogen and oxygen atoms in total. The van der Waals surface area contributed by atoms with Crippen molar-refractivity contribution in [1.29, 1.82) is 0 Å². The number of benzene rings is 1. The summed E-state index contributed by atoms with van der Waals surface area (Å²) >= 11 is 0. The van der Waals surface area contributed by atoms with E-state index in [1.165, 1.54) is 18.6 Å². The van der Waals surface area contributed by atoms with Gasteiger partial charge in [0.25, 0.3) is 5.91 Å². The van der Waals surface area contributed by atoms with Gasteiger partial charge in [-0.3, -0.25) is 4.79 Å². The van der Waals surface area contributed by atoms with Gasteiger partial charge in [-0.05, 0) is 36.2 Å². The van der Waals surface area contributed by atoms with Crippen molar-refractivity contribution in [3.63, 3.8) is 0 Å². The number of hydrogen-bond acceptors (Lipinski definition) is 3. The van der Waals surface area contributed by atoms with Gasteiger partial charge in [0, 0.05) is 24.2 Å². The second kappa shape index (κ2) is 6.22. The van der Waals surface area contributed by atoms with Gasteiger partial charge in [0.1, 0.15) is 17.8 Å². The van der Waals surface area contributed by atoms with Gasteiger partial charge in [-0.1, -0.05) is 6.07 Å². The molecule has 0 aliphatic carbocycles. The Morgan fingerprint density at radius 1 is 1.14 bits per heavy atom. The van der Waals surface area contributed by atoms with Crippen LogP contribution < -0.4 is 5.73 Å². The molecule has 142 valence electrons. The van der Waals surface area contributed by atoms with Crippen LogP contribution in [0.3, 0.4) is 0 Å². The second-order valence-electron chi connectivity index (χ2n) is 6.32. The summed E-state index contributed by atoms with van der Waals surface area (Å²) in [5.41, 5.74) is 6.56. The number of fused-ring (bicyclic) bond motifs is 1. The second-order valence-corrected chi connectivity index (χ2v) is 6.32. The normalized spacial score (nSPS) is 11.9. The number of aromatic nitrogens is 4. The van der Waals surface area contributed by atoms with Crippen molar-refractivity contribution in [2.75, 3.05) is 0 Å². The van der Waals surface area contributed by atoms with Gasteiger partial charge in [-0.25, -0.2) is 9.97 Å². The highest BCUT2D eigenvalue weighted by molar-refractivity contribution is 6.00. The Morgan fingerprint density at radius 2 is 1.93 bits per heavy atom. The average molecular weight is 385 g/mol. The molecular weight excluding hydrogens is 371 g/mol. The lowest BCUT2D eigenvalue weighted by molar-refractivity contribution is -0.137. The molecule has 0 unspecified atom stereocenters. The maximum atomic E-state index is 13.2. The van der Waals surface area contributed by atoms with E-state index in [4.69, 9.17) is 5.73 Å². The van der Waals surface area contributed by atoms with Crippen LogP contribution in [-0.4, -0.2) is 25.4 Å². The molecule has 0 radical (unpaired) electrons. The first-order chi connectivity index (χ1) is 13.3. The van der Waals surface area contributed by atoms with Gasteiger partial charge in [-0.15, -0.1) is 0 Å². The molecule has 0 spiro atoms. The number of hydrogen-bond donors (Lipinski definition) is 2. The lowest BCUT2D eigenvalue weighted by Gasteiger charge is -2.11. The summed E-state index contributed by atoms with van der Waals surface area (Å²) < 4.78 is 41.1. The van der Waals surface area contributed by atoms with Crippen LogP contribution in [0, 0.1) is 6.92 Å². The molecule has 9 heteroatoms. The number of nitrogens with two attached hydrogens (primary N) is 1. The van der Waals surface area contributed by atoms with Crippen LogP contribution in [0.15, 0.2) is 49.2 Å². The Hall–Kier alpha value is -3.62. The predicted molar refractivity (Wildman–Crippen MR) is 96.9 cm³/mol. The first-order valence-electron chi connectivity index (χ1n) is 8.24. The Bertz CT molecular complexity index is 1210. The first kappa shape index (κ1) is 17.8. The van der Waals surface area contributed by atoms with E-state index < -0.39 is 17.6 Å². The Labute approximate surface area is 156 Å². The Morgan fingerprint density at radius 3 is 2.64 bits per heavy atom. The van der Waals surface area contributed by atoms with E-state index in [1.54, 1.807) is 30.0 Å². The maximum absolute atomic E-state index is 13.2. The fraction of sp³-hybridized carbons (Fsp3) is 0.105. The third-order valence-corrected chi connectivity index (χ3v) is 4.52. The van der Waals surface area contributed by atoms with E-state index in [9.17, 15) is 18.0 Å². The summed E-state index contributed by atoms with van der Waals surface area (Å²) in [6, 6.07) is 5.17. The largest absolute Gasteiger partial charge is 0.416 e. The molecule has 0 aliphatic heterocycles. The average Bonchev–Trinajstić information content (AvgIpc) is 3.28. The summed E-state index contributed by atoms with van der Waals surface area (Å²) in [7, 11) is 0. The zero-order chi connectivity index (χ0) is 20.1. The number of alkyl halides is 3. The minimum Gasteiger partial charge on any atom is -0.366 e. The zero-order valence-corrected chi connectivity index (χ0v) is 14.6. The minimum atomic E-state index is -4.50. The lowest BCUT2D eigenvalue weighted by atomic mass is 9.97. The number of halogens is 3. The van der Waals surface area contributed by atoms with E-state index in [2.05, 4.69) is 15.0 Å². The van der Waals surface area contributed by atoms with Crippen LogP contribution in [0.1, 0.15) is 21.5 Å². The van der Waals surface area contributed by atoms with Crippen LogP contribution in [0.4, 0.5) is 13.2 Å². The fourth-order valence-electron chi connectivity index (χ4n) is 3.14. The Balaban J connectivity index is 1.94. The van der Waals surface area contributed by atoms with Crippen molar-refractivity contribution < 1.29 is 18.0 Å². The van der Waals surface area contributed by atoms with Gasteiger partial charge in [0.05, 0.1) is 16.5 Å². The quantitative estimate of drug-likeness (QED) is 0.561. The molecule has 3 aromatic heterocycles. The third kappa shape index (κ3) is 2.90. The van der Waals surface area contributed by atoms with Gasteiger partial charge in [0.15, 0.2) is 0 Å². The number of rotatable bonds is 3. The van der Waals surface area contributed by atoms with E-state index in [1.807, 2.05) is 0 Å². The number of H-pyrrole nitrogens is 1. The van der Waals surface area contributed by atoms with Crippen LogP contribution in [0.5, 0.6) is 0 Å². The third-order valence-electron chi connectivity index (χ3n) is 4.52. The summed E-state index contributed by atoms with van der Waals surface area (Å²) in [5.74, 6) is -0.269. The van der Waals surface area contributed by atoms with Crippen LogP contribution in [-0.2, 0) is 6.18 Å². The van der Waals surface area contributed by atoms with Crippen LogP contribution in [0.2, 0.25) is 0 Å². The number of nitrogens with zero attached hydrogens (tertiary/aromatic N) is 3. The van der Waals surface area contributed by atoms with Crippen molar-refractivity contribution >= 4 is 16.9 Å². The summed E-state index contributed by atoms with van der Waals surface area (Å²) in [4.78, 5) is 23.3. The maximum Gasteiger partial charge on any atom is 0.416 e. The van der Waals surface area contributed by atoms with Gasteiger partial charge < -0.3 is 15.3 Å². The SMILES string of the molecule is Cc1ccc(C(F)(F)F)cc1-c1cn(-c2ncnc3[nH]ccc23)cc1C(N)=O. The summed E-state index contributed by atoms with van der Waals surface area (Å²) in [6.45, 7) is 1.67. The molecule has 3 heterocycles. The highest BCUT2D eigenvalue weighted by Crippen LogP contribution is 2.36. The monoisotopic (exact) mass is 385 g/mol. The predicted octanol–water partition coefficient (Wildman–Crippen LogP) is 3.84. The smallest absolute Gasteiger partial charge is 0.366 e. The molecule has 4 rings (SSSR count). The van der Waals surface area contributed by atoms with Crippen molar-refractivity contribution in [2.24, 2.45) is 5.73 Å². The number of carbonyl (C=O) groups is 1. The molecule has 3 N–H and O–H groups in total. The molecule has 0 aliphatic rings. The number of amides is 1. The number of nitrogens with one attached hydrogen (secondary N) is 1. The van der Waals surface area contributed by atoms with Crippen LogP contribution >= 0.6 is 0 Å². The first-order valence-corrected chi connectivity index (χ1v) is 8.24. The molecule has 1 aromatic carbocycles. The van der Waals surface area contributed by atoms with Crippen molar-refractivity contribution in [3.8, 4) is 16.9 Å². The number of aromatic amines is 1. The van der Waals surface area contributed by atoms with Crippen LogP contribution in [0.25, 0.3) is 28.0 Å². The topological polar surface area (TPSA) is 89.6 Å². The molecule has 0 fully saturated rings. The number of carbonyl (C=O) groups excluding carboxylic acids is 1. The van der Waals surface area contributed by atoms with E-state index >= 15 is 0 Å². The van der Waals surface area contributed by atoms with Crippen molar-refractivity contribution in [3.05, 3.63) is 65.9 Å². The number of primary amides is 1. The molecule has 0 saturated carbocycles. The highest BCUT2D eigenvalue weighted by atomic mass is 19.4. The summed E-state index contributed by atoms with van der Waals surface area (Å²) in [6.07, 6.45) is 1.57. The molecule has 0 atom stereocenters. The van der Waals surface area contributed by atoms with E-state index in [0.717, 1.165) is 12.1 Å². The molecule has 0 bridgehead atoms. The summed E-state index contributed by atoms with van der Waals surface area (Å²) in [5, 5.41) is 0.695. The van der Waals surface area contributed by atoms with E-state index in [-0.39, 0.29) is 11.1 Å². The van der Waals surface area contributed by atoms with Gasteiger partial charge in [-0.2, -0.15) is 13.2 Å². The lowest BCUT2D eigenvalue weighted by Crippen LogP contribution is -2.11. The Kier molecular flexibility index (Phi) is 3.95. The zero-order valence-electron chi connectivity index (χ0n) is 14.6. The minimum absolute atomic E-state index is 0.102. The molecule has 1 amide bonds. The van der Waals surface area contributed by atoms with Crippen molar-refractivity contribution in [1.82, 2.24) is 19.5 Å². The molecular formula is C19H14F3N5O. The molecule has 0 saturated heterocycles. The number of aryl methyl sites for hydroxylation is 1. The van der Waals surface area contributed by atoms with Gasteiger partial charge in [0.2, 0.25) is 0 Å². The van der Waals surface area contributed by atoms with Gasteiger partial charge >= 0.3 is 6.18 Å². The molecule has 4 aromatic rings. The molecule has 28 heavy (non-hydrogen) atoms. The fourth-order valence-corrected chi connectivity index (χ4v) is 3.14. The standard InChI is InChI=1S/C19H14F3N5O/c1-10-2-3-11(19(20,21)22)6-13(10)14-7-27(8-15(14)16(23)28)18-12-4-5-24-17(12)25-9-26-18/h2-9H,1H3,(H2,23,28)(H,24,25,26). The van der Waals surface area contributed by atoms with E-state index in [0.29, 0.717) is 28.0 Å². The van der Waals surface area contributed by atoms with Crippen molar-refractivity contribution in [2.45, 2.75) is 13.1 Å². The highest BCUT2D eigenvalue weighted by Gasteiger charge is 2.31.